The van der Waals surface area contributed by atoms with Gasteiger partial charge < -0.3 is 0 Å². The molecule has 0 atom stereocenters. The molecular formula is C7H5BrClF. The van der Waals surface area contributed by atoms with Gasteiger partial charge in [0.15, 0.2) is 0 Å². The smallest absolute Gasteiger partial charge is 0.139 e. The summed E-state index contributed by atoms with van der Waals surface area (Å²) in [5.41, 5.74) is 0.810. The molecule has 3 heteroatoms. The maximum atomic E-state index is 12.7. The maximum absolute atomic E-state index is 12.7. The highest BCUT2D eigenvalue weighted by atomic mass is 79.9. The molecule has 0 saturated carbocycles. The van der Waals surface area contributed by atoms with Gasteiger partial charge in [-0.3, -0.25) is 0 Å². The minimum atomic E-state index is -0.315. The van der Waals surface area contributed by atoms with E-state index in [4.69, 9.17) is 11.6 Å². The minimum Gasteiger partial charge on any atom is -0.206 e. The maximum Gasteiger partial charge on any atom is 0.139 e. The van der Waals surface area contributed by atoms with Crippen LogP contribution in [0.5, 0.6) is 0 Å². The lowest BCUT2D eigenvalue weighted by Gasteiger charge is -1.98. The van der Waals surface area contributed by atoms with Crippen molar-refractivity contribution >= 4 is 27.5 Å². The van der Waals surface area contributed by atoms with Crippen LogP contribution in [0, 0.1) is 12.7 Å². The Morgan fingerprint density at radius 2 is 2.10 bits per heavy atom. The highest BCUT2D eigenvalue weighted by Crippen LogP contribution is 2.23. The molecule has 0 radical (unpaired) electrons. The van der Waals surface area contributed by atoms with Crippen molar-refractivity contribution in [2.45, 2.75) is 6.92 Å². The Labute approximate surface area is 72.1 Å². The first-order valence-corrected chi connectivity index (χ1v) is 3.89. The van der Waals surface area contributed by atoms with Crippen LogP contribution in [0.15, 0.2) is 16.6 Å². The van der Waals surface area contributed by atoms with E-state index < -0.39 is 0 Å². The fourth-order valence-electron chi connectivity index (χ4n) is 0.685. The topological polar surface area (TPSA) is 0 Å². The SMILES string of the molecule is Cc1cc(Cl)cc(F)c1Br. The van der Waals surface area contributed by atoms with Crippen LogP contribution < -0.4 is 0 Å². The quantitative estimate of drug-likeness (QED) is 0.590. The van der Waals surface area contributed by atoms with Crippen LogP contribution in [0.1, 0.15) is 5.56 Å². The van der Waals surface area contributed by atoms with Crippen molar-refractivity contribution in [1.82, 2.24) is 0 Å². The number of halogens is 3. The highest BCUT2D eigenvalue weighted by molar-refractivity contribution is 9.10. The highest BCUT2D eigenvalue weighted by Gasteiger charge is 2.02. The third-order valence-corrected chi connectivity index (χ3v) is 2.40. The summed E-state index contributed by atoms with van der Waals surface area (Å²) in [6.07, 6.45) is 0. The van der Waals surface area contributed by atoms with Crippen LogP contribution in [0.25, 0.3) is 0 Å². The number of rotatable bonds is 0. The van der Waals surface area contributed by atoms with Crippen LogP contribution in [0.2, 0.25) is 5.02 Å². The van der Waals surface area contributed by atoms with Gasteiger partial charge in [0.05, 0.1) is 4.47 Å². The lowest BCUT2D eigenvalue weighted by atomic mass is 10.2. The second kappa shape index (κ2) is 2.89. The zero-order valence-corrected chi connectivity index (χ0v) is 7.63. The van der Waals surface area contributed by atoms with E-state index in [0.29, 0.717) is 9.50 Å². The normalized spacial score (nSPS) is 10.0. The van der Waals surface area contributed by atoms with Crippen LogP contribution in [0.3, 0.4) is 0 Å². The van der Waals surface area contributed by atoms with Gasteiger partial charge in [-0.15, -0.1) is 0 Å². The van der Waals surface area contributed by atoms with Gasteiger partial charge >= 0.3 is 0 Å². The minimum absolute atomic E-state index is 0.315. The first-order valence-electron chi connectivity index (χ1n) is 2.72. The van der Waals surface area contributed by atoms with Gasteiger partial charge in [-0.05, 0) is 40.5 Å². The molecular weight excluding hydrogens is 218 g/mol. The van der Waals surface area contributed by atoms with E-state index in [1.54, 1.807) is 13.0 Å². The van der Waals surface area contributed by atoms with Crippen molar-refractivity contribution in [3.05, 3.63) is 33.0 Å². The summed E-state index contributed by atoms with van der Waals surface area (Å²) in [5, 5.41) is 0.429. The summed E-state index contributed by atoms with van der Waals surface area (Å²) in [6, 6.07) is 2.98. The Hall–Kier alpha value is -0.0800. The molecule has 0 aliphatic carbocycles. The van der Waals surface area contributed by atoms with E-state index in [1.807, 2.05) is 0 Å². The number of hydrogen-bond acceptors (Lipinski definition) is 0. The van der Waals surface area contributed by atoms with E-state index in [0.717, 1.165) is 5.56 Å². The summed E-state index contributed by atoms with van der Waals surface area (Å²) in [6.45, 7) is 1.79. The summed E-state index contributed by atoms with van der Waals surface area (Å²) < 4.78 is 13.2. The second-order valence-corrected chi connectivity index (χ2v) is 3.25. The largest absolute Gasteiger partial charge is 0.206 e. The van der Waals surface area contributed by atoms with Crippen molar-refractivity contribution in [3.63, 3.8) is 0 Å². The monoisotopic (exact) mass is 222 g/mol. The molecule has 0 N–H and O–H groups in total. The van der Waals surface area contributed by atoms with Crippen LogP contribution in [-0.4, -0.2) is 0 Å². The molecule has 0 spiro atoms. The fraction of sp³-hybridized carbons (Fsp3) is 0.143. The van der Waals surface area contributed by atoms with Crippen molar-refractivity contribution in [1.29, 1.82) is 0 Å². The molecule has 0 aliphatic rings. The summed E-state index contributed by atoms with van der Waals surface area (Å²) in [4.78, 5) is 0. The van der Waals surface area contributed by atoms with Crippen molar-refractivity contribution in [2.24, 2.45) is 0 Å². The summed E-state index contributed by atoms with van der Waals surface area (Å²) in [5.74, 6) is -0.315. The van der Waals surface area contributed by atoms with Gasteiger partial charge in [-0.2, -0.15) is 0 Å². The molecule has 54 valence electrons. The molecule has 1 aromatic carbocycles. The number of hydrogen-bond donors (Lipinski definition) is 0. The Morgan fingerprint density at radius 3 is 2.60 bits per heavy atom. The predicted molar refractivity (Wildman–Crippen MR) is 43.8 cm³/mol. The Balaban J connectivity index is 3.31. The van der Waals surface area contributed by atoms with Crippen molar-refractivity contribution in [3.8, 4) is 0 Å². The lowest BCUT2D eigenvalue weighted by Crippen LogP contribution is -1.81. The Morgan fingerprint density at radius 1 is 1.50 bits per heavy atom. The van der Waals surface area contributed by atoms with E-state index >= 15 is 0 Å². The molecule has 1 aromatic rings. The van der Waals surface area contributed by atoms with E-state index in [9.17, 15) is 4.39 Å². The van der Waals surface area contributed by atoms with E-state index in [-0.39, 0.29) is 5.82 Å². The average molecular weight is 223 g/mol. The van der Waals surface area contributed by atoms with Crippen LogP contribution >= 0.6 is 27.5 Å². The molecule has 0 heterocycles. The number of benzene rings is 1. The van der Waals surface area contributed by atoms with Crippen molar-refractivity contribution in [2.75, 3.05) is 0 Å². The average Bonchev–Trinajstić information content (AvgIpc) is 1.82. The molecule has 0 bridgehead atoms. The third-order valence-electron chi connectivity index (χ3n) is 1.17. The molecule has 0 aliphatic heterocycles. The first-order chi connectivity index (χ1) is 4.61. The van der Waals surface area contributed by atoms with E-state index in [1.165, 1.54) is 6.07 Å². The van der Waals surface area contributed by atoms with Gasteiger partial charge in [0.25, 0.3) is 0 Å². The molecule has 0 nitrogen and oxygen atoms in total. The Kier molecular flexibility index (Phi) is 2.32. The third kappa shape index (κ3) is 1.50. The van der Waals surface area contributed by atoms with Gasteiger partial charge in [0.1, 0.15) is 5.82 Å². The van der Waals surface area contributed by atoms with Gasteiger partial charge in [-0.25, -0.2) is 4.39 Å². The van der Waals surface area contributed by atoms with Gasteiger partial charge in [0, 0.05) is 5.02 Å². The summed E-state index contributed by atoms with van der Waals surface area (Å²) >= 11 is 8.64. The lowest BCUT2D eigenvalue weighted by molar-refractivity contribution is 0.620. The van der Waals surface area contributed by atoms with Crippen LogP contribution in [-0.2, 0) is 0 Å². The molecule has 10 heavy (non-hydrogen) atoms. The first kappa shape index (κ1) is 8.02. The van der Waals surface area contributed by atoms with Gasteiger partial charge in [-0.1, -0.05) is 11.6 Å². The predicted octanol–water partition coefficient (Wildman–Crippen LogP) is 3.55. The van der Waals surface area contributed by atoms with Crippen LogP contribution in [0.4, 0.5) is 4.39 Å². The molecule has 0 unspecified atom stereocenters. The Bertz CT molecular complexity index is 237. The molecule has 0 saturated heterocycles. The van der Waals surface area contributed by atoms with E-state index in [2.05, 4.69) is 15.9 Å². The standard InChI is InChI=1S/C7H5BrClF/c1-4-2-5(9)3-6(10)7(4)8/h2-3H,1H3. The molecule has 1 rings (SSSR count). The zero-order chi connectivity index (χ0) is 7.72. The molecule has 0 fully saturated rings. The summed E-state index contributed by atoms with van der Waals surface area (Å²) in [7, 11) is 0. The zero-order valence-electron chi connectivity index (χ0n) is 5.29. The second-order valence-electron chi connectivity index (χ2n) is 2.02. The number of aryl methyl sites for hydroxylation is 1. The fourth-order valence-corrected chi connectivity index (χ4v) is 1.17. The van der Waals surface area contributed by atoms with Crippen molar-refractivity contribution < 1.29 is 4.39 Å². The molecule has 0 amide bonds. The van der Waals surface area contributed by atoms with Gasteiger partial charge in [0.2, 0.25) is 0 Å². The molecule has 0 aromatic heterocycles.